The van der Waals surface area contributed by atoms with E-state index < -0.39 is 17.2 Å². The molecule has 1 aromatic carbocycles. The van der Waals surface area contributed by atoms with Crippen molar-refractivity contribution >= 4 is 22.6 Å². The first kappa shape index (κ1) is 24.7. The van der Waals surface area contributed by atoms with E-state index in [-0.39, 0.29) is 28.6 Å². The zero-order valence-electron chi connectivity index (χ0n) is 20.6. The molecule has 9 nitrogen and oxygen atoms in total. The highest BCUT2D eigenvalue weighted by molar-refractivity contribution is 6.12. The molecule has 1 aliphatic rings. The van der Waals surface area contributed by atoms with Gasteiger partial charge in [0.05, 0.1) is 22.7 Å². The summed E-state index contributed by atoms with van der Waals surface area (Å²) in [7, 11) is 0. The van der Waals surface area contributed by atoms with Gasteiger partial charge in [-0.05, 0) is 55.9 Å². The number of hydrogen-bond acceptors (Lipinski definition) is 6. The molecule has 2 N–H and O–H groups in total. The third-order valence-electron chi connectivity index (χ3n) is 6.09. The van der Waals surface area contributed by atoms with E-state index in [4.69, 9.17) is 9.47 Å². The Kier molecular flexibility index (Phi) is 7.35. The molecule has 0 saturated carbocycles. The largest absolute Gasteiger partial charge is 0.489 e. The van der Waals surface area contributed by atoms with Crippen LogP contribution in [-0.4, -0.2) is 39.8 Å². The highest BCUT2D eigenvalue weighted by atomic mass is 16.5. The van der Waals surface area contributed by atoms with Gasteiger partial charge in [0.25, 0.3) is 11.5 Å². The average molecular weight is 481 g/mol. The number of rotatable bonds is 8. The number of aromatic nitrogens is 3. The van der Waals surface area contributed by atoms with Gasteiger partial charge in [-0.1, -0.05) is 26.8 Å². The van der Waals surface area contributed by atoms with E-state index in [0.29, 0.717) is 36.7 Å². The van der Waals surface area contributed by atoms with Crippen molar-refractivity contribution in [3.63, 3.8) is 0 Å². The van der Waals surface area contributed by atoms with E-state index >= 15 is 0 Å². The van der Waals surface area contributed by atoms with Gasteiger partial charge in [-0.25, -0.2) is 9.78 Å². The van der Waals surface area contributed by atoms with Crippen LogP contribution in [0.25, 0.3) is 11.0 Å². The van der Waals surface area contributed by atoms with Gasteiger partial charge in [0.15, 0.2) is 5.65 Å². The summed E-state index contributed by atoms with van der Waals surface area (Å²) in [6.45, 7) is 9.27. The van der Waals surface area contributed by atoms with Gasteiger partial charge < -0.3 is 14.8 Å². The van der Waals surface area contributed by atoms with Crippen LogP contribution >= 0.6 is 0 Å². The maximum absolute atomic E-state index is 13.5. The number of aromatic amines is 1. The minimum absolute atomic E-state index is 0.0138. The standard InChI is InChI=1S/C26H32N4O5/c1-5-10-30-23-22(25(32)29-26(30)33)18(13-20(27-23)15(2)3)24(31)28-19-9-8-16(4)12-21(19)35-14-17-7-6-11-34-17/h8-9,12-13,15,17H,5-7,10-11,14H2,1-4H3,(H,28,31)(H,29,32,33). The Balaban J connectivity index is 1.76. The summed E-state index contributed by atoms with van der Waals surface area (Å²) >= 11 is 0. The summed E-state index contributed by atoms with van der Waals surface area (Å²) in [5.41, 5.74) is 1.31. The number of nitrogens with one attached hydrogen (secondary N) is 2. The van der Waals surface area contributed by atoms with Crippen molar-refractivity contribution in [2.45, 2.75) is 65.5 Å². The second kappa shape index (κ2) is 10.4. The van der Waals surface area contributed by atoms with Crippen LogP contribution in [0.1, 0.15) is 67.6 Å². The molecule has 35 heavy (non-hydrogen) atoms. The van der Waals surface area contributed by atoms with E-state index in [1.807, 2.05) is 39.8 Å². The molecule has 1 unspecified atom stereocenters. The number of aryl methyl sites for hydroxylation is 2. The minimum atomic E-state index is -0.635. The van der Waals surface area contributed by atoms with E-state index in [0.717, 1.165) is 25.0 Å². The Hall–Kier alpha value is -3.46. The maximum Gasteiger partial charge on any atom is 0.329 e. The van der Waals surface area contributed by atoms with E-state index in [2.05, 4.69) is 15.3 Å². The lowest BCUT2D eigenvalue weighted by atomic mass is 10.0. The van der Waals surface area contributed by atoms with Crippen LogP contribution in [0.2, 0.25) is 0 Å². The van der Waals surface area contributed by atoms with Crippen LogP contribution in [0, 0.1) is 6.92 Å². The lowest BCUT2D eigenvalue weighted by Crippen LogP contribution is -2.32. The first-order valence-electron chi connectivity index (χ1n) is 12.1. The quantitative estimate of drug-likeness (QED) is 0.508. The summed E-state index contributed by atoms with van der Waals surface area (Å²) in [5.74, 6) is 0.0468. The Morgan fingerprint density at radius 1 is 1.31 bits per heavy atom. The SMILES string of the molecule is CCCn1c(=O)[nH]c(=O)c2c(C(=O)Nc3ccc(C)cc3OCC3CCCO3)cc(C(C)C)nc21. The second-order valence-electron chi connectivity index (χ2n) is 9.26. The highest BCUT2D eigenvalue weighted by Gasteiger charge is 2.22. The number of amides is 1. The van der Waals surface area contributed by atoms with Crippen LogP contribution in [0.15, 0.2) is 33.9 Å². The lowest BCUT2D eigenvalue weighted by molar-refractivity contribution is 0.0681. The molecule has 1 amide bonds. The Labute approximate surface area is 203 Å². The molecule has 9 heteroatoms. The first-order chi connectivity index (χ1) is 16.8. The molecule has 0 bridgehead atoms. The van der Waals surface area contributed by atoms with Gasteiger partial charge in [-0.2, -0.15) is 0 Å². The van der Waals surface area contributed by atoms with Gasteiger partial charge in [0.2, 0.25) is 0 Å². The molecule has 3 heterocycles. The smallest absolute Gasteiger partial charge is 0.329 e. The van der Waals surface area contributed by atoms with Gasteiger partial charge in [-0.15, -0.1) is 0 Å². The van der Waals surface area contributed by atoms with Crippen LogP contribution in [0.4, 0.5) is 5.69 Å². The predicted octanol–water partition coefficient (Wildman–Crippen LogP) is 3.74. The zero-order valence-corrected chi connectivity index (χ0v) is 20.6. The van der Waals surface area contributed by atoms with Crippen molar-refractivity contribution in [1.82, 2.24) is 14.5 Å². The molecule has 1 atom stereocenters. The average Bonchev–Trinajstić information content (AvgIpc) is 3.34. The minimum Gasteiger partial charge on any atom is -0.489 e. The molecular formula is C26H32N4O5. The number of hydrogen-bond donors (Lipinski definition) is 2. The van der Waals surface area contributed by atoms with Gasteiger partial charge in [0, 0.05) is 18.8 Å². The molecular weight excluding hydrogens is 448 g/mol. The number of fused-ring (bicyclic) bond motifs is 1. The zero-order chi connectivity index (χ0) is 25.1. The molecule has 0 aliphatic carbocycles. The molecule has 1 fully saturated rings. The number of nitrogens with zero attached hydrogens (tertiary/aromatic N) is 2. The van der Waals surface area contributed by atoms with Crippen molar-refractivity contribution in [1.29, 1.82) is 0 Å². The number of anilines is 1. The van der Waals surface area contributed by atoms with Crippen molar-refractivity contribution in [2.24, 2.45) is 0 Å². The molecule has 1 saturated heterocycles. The first-order valence-corrected chi connectivity index (χ1v) is 12.1. The van der Waals surface area contributed by atoms with Crippen LogP contribution in [0.5, 0.6) is 5.75 Å². The molecule has 0 spiro atoms. The Morgan fingerprint density at radius 3 is 2.80 bits per heavy atom. The van der Waals surface area contributed by atoms with Crippen LogP contribution < -0.4 is 21.3 Å². The van der Waals surface area contributed by atoms with Crippen LogP contribution in [-0.2, 0) is 11.3 Å². The number of benzene rings is 1. The van der Waals surface area contributed by atoms with Crippen molar-refractivity contribution in [3.05, 3.63) is 61.9 Å². The lowest BCUT2D eigenvalue weighted by Gasteiger charge is -2.17. The topological polar surface area (TPSA) is 115 Å². The van der Waals surface area contributed by atoms with Crippen LogP contribution in [0.3, 0.4) is 0 Å². The fourth-order valence-corrected chi connectivity index (χ4v) is 4.20. The number of pyridine rings is 1. The van der Waals surface area contributed by atoms with Crippen molar-refractivity contribution < 1.29 is 14.3 Å². The molecule has 0 radical (unpaired) electrons. The van der Waals surface area contributed by atoms with E-state index in [9.17, 15) is 14.4 Å². The Morgan fingerprint density at radius 2 is 2.11 bits per heavy atom. The maximum atomic E-state index is 13.5. The number of H-pyrrole nitrogens is 1. The van der Waals surface area contributed by atoms with Crippen molar-refractivity contribution in [3.8, 4) is 5.75 Å². The monoisotopic (exact) mass is 480 g/mol. The summed E-state index contributed by atoms with van der Waals surface area (Å²) in [6.07, 6.45) is 2.66. The predicted molar refractivity (Wildman–Crippen MR) is 135 cm³/mol. The van der Waals surface area contributed by atoms with E-state index in [1.165, 1.54) is 4.57 Å². The summed E-state index contributed by atoms with van der Waals surface area (Å²) in [5, 5.41) is 3.00. The van der Waals surface area contributed by atoms with Gasteiger partial charge in [-0.3, -0.25) is 19.1 Å². The fourth-order valence-electron chi connectivity index (χ4n) is 4.20. The number of carbonyl (C=O) groups excluding carboxylic acids is 1. The molecule has 4 rings (SSSR count). The molecule has 186 valence electrons. The molecule has 2 aromatic heterocycles. The summed E-state index contributed by atoms with van der Waals surface area (Å²) in [6, 6.07) is 7.15. The third kappa shape index (κ3) is 5.30. The summed E-state index contributed by atoms with van der Waals surface area (Å²) in [4.78, 5) is 45.8. The van der Waals surface area contributed by atoms with Crippen molar-refractivity contribution in [2.75, 3.05) is 18.5 Å². The summed E-state index contributed by atoms with van der Waals surface area (Å²) < 4.78 is 13.1. The Bertz CT molecular complexity index is 1350. The van der Waals surface area contributed by atoms with Gasteiger partial charge >= 0.3 is 5.69 Å². The fraction of sp³-hybridized carbons (Fsp3) is 0.462. The molecule has 1 aliphatic heterocycles. The number of ether oxygens (including phenoxy) is 2. The number of carbonyl (C=O) groups is 1. The third-order valence-corrected chi connectivity index (χ3v) is 6.09. The molecule has 3 aromatic rings. The normalized spacial score (nSPS) is 15.6. The van der Waals surface area contributed by atoms with Gasteiger partial charge in [0.1, 0.15) is 12.4 Å². The van der Waals surface area contributed by atoms with E-state index in [1.54, 1.807) is 12.1 Å². The highest BCUT2D eigenvalue weighted by Crippen LogP contribution is 2.28. The second-order valence-corrected chi connectivity index (χ2v) is 9.26.